The third kappa shape index (κ3) is 27.3. The molecular formula is C64H85N8O28P3S6. The summed E-state index contributed by atoms with van der Waals surface area (Å²) in [6.45, 7) is 8.67. The van der Waals surface area contributed by atoms with Crippen LogP contribution in [0.2, 0.25) is 0 Å². The maximum atomic E-state index is 14.4. The van der Waals surface area contributed by atoms with Gasteiger partial charge in [0.05, 0.1) is 43.5 Å². The van der Waals surface area contributed by atoms with Crippen molar-refractivity contribution in [2.75, 3.05) is 96.9 Å². The summed E-state index contributed by atoms with van der Waals surface area (Å²) in [5.41, 5.74) is -0.516. The molecule has 12 N–H and O–H groups in total. The molecule has 4 aliphatic rings. The molecule has 3 heterocycles. The number of carbonyl (C=O) groups is 5. The topological polar surface area (TPSA) is 512 Å². The normalized spacial score (nSPS) is 17.9. The molecule has 0 bridgehead atoms. The van der Waals surface area contributed by atoms with Crippen LogP contribution in [0, 0.1) is 11.8 Å². The minimum Gasteiger partial charge on any atom is -0.490 e. The standard InChI is InChI=1S/C64H85N8O28P3S6/c1-8-26-64(4,5)107-106-54(93-32-31-92-37-52(74)67-27-14-17-41-35-72(63(78)70-61(41)76)53-34-49(95-39-105-104-7)50(97-53)36-96-102(82,83)100-103(84,85)99-101(79,80)81)38-94-42-18-13-16-40(33-42)60(75)69-29-28-68-51(73)21-15-30-71(6)62(77)44-20-12-11-19-43(44)55-45-22-24-47(65-9-2)58(108(86,87)88)56(45)98-57-46(55)23-25-48(66-10-3)59(57)109(89,90)91/h11-13,16,18-20,22-25,33,35,49-50,53-54,63,65,78H,8-10,15,21,26-32,34,36-39H2,1-7H3,(H,67,74)(H,68,73)(H,69,75)(H,70,76)(H,82,83)(H,84,85)(H2,79,80,81)(H,86,87,88)(H,89,90,91)/b66-48+/t49?,50-,53-,54?,63?/m1/s1. The number of ether oxygens (including phenoxy) is 5. The van der Waals surface area contributed by atoms with Gasteiger partial charge >= 0.3 is 23.5 Å². The smallest absolute Gasteiger partial charge is 0.490 e. The van der Waals surface area contributed by atoms with E-state index >= 15 is 0 Å². The third-order valence-electron chi connectivity index (χ3n) is 15.5. The van der Waals surface area contributed by atoms with Crippen LogP contribution in [0.3, 0.4) is 0 Å². The van der Waals surface area contributed by atoms with Gasteiger partial charge in [-0.1, -0.05) is 92.6 Å². The first-order valence-electron chi connectivity index (χ1n) is 33.3. The summed E-state index contributed by atoms with van der Waals surface area (Å²) in [5, 5.41) is 23.9. The molecule has 7 atom stereocenters. The Morgan fingerprint density at radius 1 is 0.890 bits per heavy atom. The first-order valence-corrected chi connectivity index (χ1v) is 45.6. The Hall–Kier alpha value is -6.17. The van der Waals surface area contributed by atoms with Crippen LogP contribution in [0.1, 0.15) is 87.4 Å². The number of amides is 5. The lowest BCUT2D eigenvalue weighted by atomic mass is 9.90. The Balaban J connectivity index is 0.867. The molecule has 0 saturated carbocycles. The average molecular weight is 1700 g/mol. The van der Waals surface area contributed by atoms with Crippen LogP contribution in [0.15, 0.2) is 104 Å². The molecule has 109 heavy (non-hydrogen) atoms. The number of phosphoric ester groups is 1. The first kappa shape index (κ1) is 90.0. The molecule has 5 unspecified atom stereocenters. The maximum absolute atomic E-state index is 14.4. The van der Waals surface area contributed by atoms with E-state index < -0.39 is 132 Å². The van der Waals surface area contributed by atoms with E-state index in [1.165, 1.54) is 80.9 Å². The largest absolute Gasteiger partial charge is 0.490 e. The van der Waals surface area contributed by atoms with Gasteiger partial charge in [0.2, 0.25) is 18.2 Å². The predicted molar refractivity (Wildman–Crippen MR) is 405 cm³/mol. The van der Waals surface area contributed by atoms with E-state index in [-0.39, 0.29) is 145 Å². The first-order chi connectivity index (χ1) is 51.4. The van der Waals surface area contributed by atoms with E-state index in [1.54, 1.807) is 73.4 Å². The minimum atomic E-state index is -5.82. The van der Waals surface area contributed by atoms with Crippen LogP contribution in [0.4, 0.5) is 5.69 Å². The molecule has 36 nitrogen and oxygen atoms in total. The van der Waals surface area contributed by atoms with E-state index in [9.17, 15) is 78.5 Å². The molecule has 5 amide bonds. The fraction of sp³-hybridized carbons (Fsp3) is 0.469. The van der Waals surface area contributed by atoms with Crippen LogP contribution in [0.5, 0.6) is 5.75 Å². The molecule has 1 aliphatic carbocycles. The molecule has 3 aromatic rings. The molecular weight excluding hydrogens is 1610 g/mol. The number of aliphatic hydroxyl groups excluding tert-OH is 1. The SMILES string of the molecule is CCCC(C)(C)SSC(COc1cccc(C(=O)NCCNC(=O)CCCN(C)C(=O)c2ccccc2-c2c3cc/c(=N\CC)c(S(=O)(=O)O)c-3oc3c(S(=O)(=O)O)c(NCC)ccc23)c1)OCCOCC(=O)NCC#CC1=CN([C@H]2CC(OCSSC)[C@@H](COP(=O)(O)OP(=O)(O)OP(=O)(O)O)O2)C(O)NC1=O. The van der Waals surface area contributed by atoms with Crippen molar-refractivity contribution in [1.29, 1.82) is 0 Å². The number of anilines is 1. The quantitative estimate of drug-likeness (QED) is 0.00369. The molecule has 3 aliphatic heterocycles. The lowest BCUT2D eigenvalue weighted by Crippen LogP contribution is -2.53. The zero-order valence-corrected chi connectivity index (χ0v) is 67.3. The summed E-state index contributed by atoms with van der Waals surface area (Å²) in [6, 6.07) is 18.4. The number of rotatable bonds is 42. The molecule has 1 saturated heterocycles. The summed E-state index contributed by atoms with van der Waals surface area (Å²) in [7, 11) is -20.0. The number of phosphoric acid groups is 3. The van der Waals surface area contributed by atoms with Crippen LogP contribution in [-0.4, -0.2) is 216 Å². The summed E-state index contributed by atoms with van der Waals surface area (Å²) < 4.78 is 157. The Morgan fingerprint density at radius 3 is 2.32 bits per heavy atom. The van der Waals surface area contributed by atoms with Crippen LogP contribution in [0.25, 0.3) is 33.4 Å². The van der Waals surface area contributed by atoms with Crippen molar-refractivity contribution in [3.05, 3.63) is 101 Å². The number of fused-ring (bicyclic) bond motifs is 2. The Kier molecular flexibility index (Phi) is 33.9. The van der Waals surface area contributed by atoms with Gasteiger partial charge in [0.1, 0.15) is 48.2 Å². The van der Waals surface area contributed by atoms with Gasteiger partial charge in [0.25, 0.3) is 38.0 Å². The van der Waals surface area contributed by atoms with Gasteiger partial charge in [-0.2, -0.15) is 25.5 Å². The highest BCUT2D eigenvalue weighted by molar-refractivity contribution is 8.77. The molecule has 3 aromatic carbocycles. The summed E-state index contributed by atoms with van der Waals surface area (Å²) in [6.07, 6.45) is -0.0157. The number of carbonyl (C=O) groups excluding carboxylic acids is 5. The third-order valence-corrected chi connectivity index (χ3v) is 26.1. The number of hydrogen-bond donors (Lipinski definition) is 12. The maximum Gasteiger partial charge on any atom is 0.490 e. The summed E-state index contributed by atoms with van der Waals surface area (Å²) >= 11 is 0. The summed E-state index contributed by atoms with van der Waals surface area (Å²) in [4.78, 5) is 109. The van der Waals surface area contributed by atoms with Crippen molar-refractivity contribution < 1.29 is 130 Å². The van der Waals surface area contributed by atoms with Gasteiger partial charge in [-0.05, 0) is 101 Å². The lowest BCUT2D eigenvalue weighted by molar-refractivity contribution is -0.143. The van der Waals surface area contributed by atoms with E-state index in [0.29, 0.717) is 5.75 Å². The van der Waals surface area contributed by atoms with Crippen LogP contribution >= 0.6 is 66.6 Å². The lowest BCUT2D eigenvalue weighted by Gasteiger charge is -2.35. The molecule has 1 fully saturated rings. The molecule has 0 aromatic heterocycles. The van der Waals surface area contributed by atoms with E-state index in [1.807, 2.05) is 0 Å². The van der Waals surface area contributed by atoms with Crippen molar-refractivity contribution >= 4 is 133 Å². The number of hydrogen-bond acceptors (Lipinski definition) is 29. The molecule has 0 radical (unpaired) electrons. The number of aliphatic hydroxyl groups is 1. The zero-order chi connectivity index (χ0) is 80.1. The molecule has 600 valence electrons. The van der Waals surface area contributed by atoms with Gasteiger partial charge in [-0.15, -0.1) is 0 Å². The van der Waals surface area contributed by atoms with Gasteiger partial charge in [-0.25, -0.2) is 13.7 Å². The van der Waals surface area contributed by atoms with Gasteiger partial charge < -0.3 is 89.2 Å². The zero-order valence-electron chi connectivity index (χ0n) is 59.7. The van der Waals surface area contributed by atoms with E-state index in [0.717, 1.165) is 17.7 Å². The van der Waals surface area contributed by atoms with Crippen molar-refractivity contribution in [3.63, 3.8) is 0 Å². The van der Waals surface area contributed by atoms with Crippen molar-refractivity contribution in [2.45, 2.75) is 111 Å². The second-order valence-electron chi connectivity index (χ2n) is 24.2. The van der Waals surface area contributed by atoms with E-state index in [2.05, 4.69) is 72.8 Å². The Bertz CT molecular complexity index is 4600. The number of nitrogens with zero attached hydrogens (tertiary/aromatic N) is 3. The highest BCUT2D eigenvalue weighted by atomic mass is 33.1. The van der Waals surface area contributed by atoms with Crippen LogP contribution < -0.4 is 36.7 Å². The highest BCUT2D eigenvalue weighted by Crippen LogP contribution is 2.66. The fourth-order valence-electron chi connectivity index (χ4n) is 10.9. The fourth-order valence-corrected chi connectivity index (χ4v) is 18.9. The Labute approximate surface area is 644 Å². The minimum absolute atomic E-state index is 0.00997. The Morgan fingerprint density at radius 2 is 1.62 bits per heavy atom. The van der Waals surface area contributed by atoms with E-state index in [4.69, 9.17) is 42.4 Å². The molecule has 0 spiro atoms. The van der Waals surface area contributed by atoms with Gasteiger partial charge in [0.15, 0.2) is 21.1 Å². The van der Waals surface area contributed by atoms with Crippen molar-refractivity contribution in [1.82, 2.24) is 31.1 Å². The van der Waals surface area contributed by atoms with Gasteiger partial charge in [0, 0.05) is 91.2 Å². The highest BCUT2D eigenvalue weighted by Gasteiger charge is 2.46. The van der Waals surface area contributed by atoms with Crippen molar-refractivity contribution in [3.8, 4) is 40.0 Å². The molecule has 7 rings (SSSR count). The number of benzene rings is 4. The summed E-state index contributed by atoms with van der Waals surface area (Å²) in [5.74, 6) is 2.50. The second-order valence-corrected chi connectivity index (χ2v) is 36.9. The molecule has 45 heteroatoms. The predicted octanol–water partition coefficient (Wildman–Crippen LogP) is 6.67. The number of nitrogens with one attached hydrogen (secondary N) is 5. The van der Waals surface area contributed by atoms with Crippen molar-refractivity contribution in [2.24, 2.45) is 4.99 Å². The second kappa shape index (κ2) is 41.0. The monoisotopic (exact) mass is 1700 g/mol. The van der Waals surface area contributed by atoms with Crippen LogP contribution in [-0.2, 0) is 80.4 Å². The van der Waals surface area contributed by atoms with Gasteiger partial charge in [-0.3, -0.25) is 42.6 Å². The average Bonchev–Trinajstić information content (AvgIpc) is 1.41.